The molecule has 10 rings (SSSR count). The van der Waals surface area contributed by atoms with Crippen molar-refractivity contribution in [3.05, 3.63) is 156 Å². The monoisotopic (exact) mass is 602 g/mol. The summed E-state index contributed by atoms with van der Waals surface area (Å²) in [6, 6.07) is 47.4. The molecule has 1 aromatic heterocycles. The average Bonchev–Trinajstić information content (AvgIpc) is 3.47. The van der Waals surface area contributed by atoms with Crippen LogP contribution in [0.15, 0.2) is 134 Å². The SMILES string of the molecule is CC1(C)c2ccccc2-c2cc(N(c3ccc4c(c3)C(C)(C)c3cc5ccc6cccc7ccc(c3-4)c5c67)c3ccccn3)ccc21. The fraction of sp³-hybridized carbons (Fsp3) is 0.133. The van der Waals surface area contributed by atoms with Gasteiger partial charge in [0.1, 0.15) is 5.82 Å². The van der Waals surface area contributed by atoms with Gasteiger partial charge in [0.2, 0.25) is 0 Å². The third kappa shape index (κ3) is 3.48. The minimum absolute atomic E-state index is 0.0337. The molecule has 0 saturated carbocycles. The summed E-state index contributed by atoms with van der Waals surface area (Å²) >= 11 is 0. The van der Waals surface area contributed by atoms with Crippen LogP contribution in [0.4, 0.5) is 17.2 Å². The summed E-state index contributed by atoms with van der Waals surface area (Å²) < 4.78 is 0. The van der Waals surface area contributed by atoms with Crippen molar-refractivity contribution in [2.75, 3.05) is 4.90 Å². The first-order valence-corrected chi connectivity index (χ1v) is 16.6. The van der Waals surface area contributed by atoms with E-state index in [9.17, 15) is 0 Å². The highest BCUT2D eigenvalue weighted by Crippen LogP contribution is 2.55. The Bertz CT molecular complexity index is 2560. The van der Waals surface area contributed by atoms with Gasteiger partial charge >= 0.3 is 0 Å². The number of aromatic nitrogens is 1. The summed E-state index contributed by atoms with van der Waals surface area (Å²) in [5, 5.41) is 8.03. The van der Waals surface area contributed by atoms with Gasteiger partial charge in [-0.25, -0.2) is 4.98 Å². The Morgan fingerprint density at radius 2 is 1.17 bits per heavy atom. The lowest BCUT2D eigenvalue weighted by molar-refractivity contribution is 0.660. The van der Waals surface area contributed by atoms with E-state index < -0.39 is 0 Å². The van der Waals surface area contributed by atoms with E-state index in [0.717, 1.165) is 17.2 Å². The van der Waals surface area contributed by atoms with Crippen LogP contribution in [0.25, 0.3) is 54.6 Å². The molecule has 47 heavy (non-hydrogen) atoms. The fourth-order valence-corrected chi connectivity index (χ4v) is 8.89. The minimum atomic E-state index is -0.165. The minimum Gasteiger partial charge on any atom is -0.295 e. The van der Waals surface area contributed by atoms with Crippen molar-refractivity contribution < 1.29 is 0 Å². The van der Waals surface area contributed by atoms with Crippen molar-refractivity contribution >= 4 is 49.5 Å². The predicted molar refractivity (Wildman–Crippen MR) is 198 cm³/mol. The van der Waals surface area contributed by atoms with Gasteiger partial charge in [0.25, 0.3) is 0 Å². The molecule has 7 aromatic carbocycles. The molecule has 0 spiro atoms. The summed E-state index contributed by atoms with van der Waals surface area (Å²) in [6.07, 6.45) is 1.89. The third-order valence-corrected chi connectivity index (χ3v) is 11.2. The molecule has 224 valence electrons. The first-order valence-electron chi connectivity index (χ1n) is 16.6. The molecular formula is C45H34N2. The van der Waals surface area contributed by atoms with Crippen LogP contribution < -0.4 is 4.90 Å². The van der Waals surface area contributed by atoms with Gasteiger partial charge in [0, 0.05) is 28.4 Å². The maximum absolute atomic E-state index is 4.88. The van der Waals surface area contributed by atoms with E-state index >= 15 is 0 Å². The average molecular weight is 603 g/mol. The van der Waals surface area contributed by atoms with Crippen LogP contribution in [0.1, 0.15) is 49.9 Å². The number of hydrogen-bond donors (Lipinski definition) is 0. The van der Waals surface area contributed by atoms with E-state index in [4.69, 9.17) is 4.98 Å². The van der Waals surface area contributed by atoms with Crippen LogP contribution >= 0.6 is 0 Å². The molecule has 0 aliphatic heterocycles. The number of fused-ring (bicyclic) bond motifs is 7. The summed E-state index contributed by atoms with van der Waals surface area (Å²) in [5.74, 6) is 0.911. The van der Waals surface area contributed by atoms with Crippen molar-refractivity contribution in [3.63, 3.8) is 0 Å². The largest absolute Gasteiger partial charge is 0.295 e. The first-order chi connectivity index (χ1) is 22.8. The summed E-state index contributed by atoms with van der Waals surface area (Å²) in [4.78, 5) is 7.21. The Hall–Kier alpha value is -5.47. The summed E-state index contributed by atoms with van der Waals surface area (Å²) in [6.45, 7) is 9.45. The summed E-state index contributed by atoms with van der Waals surface area (Å²) in [5.41, 5.74) is 12.9. The van der Waals surface area contributed by atoms with Crippen LogP contribution in [0.2, 0.25) is 0 Å². The van der Waals surface area contributed by atoms with E-state index in [0.29, 0.717) is 0 Å². The van der Waals surface area contributed by atoms with Gasteiger partial charge in [0.05, 0.1) is 0 Å². The van der Waals surface area contributed by atoms with Gasteiger partial charge < -0.3 is 0 Å². The lowest BCUT2D eigenvalue weighted by Crippen LogP contribution is -2.17. The molecule has 0 unspecified atom stereocenters. The Kier molecular flexibility index (Phi) is 5.16. The molecule has 0 radical (unpaired) electrons. The Labute approximate surface area is 275 Å². The maximum atomic E-state index is 4.88. The van der Waals surface area contributed by atoms with Gasteiger partial charge in [-0.3, -0.25) is 4.90 Å². The molecule has 0 saturated heterocycles. The van der Waals surface area contributed by atoms with Gasteiger partial charge in [-0.15, -0.1) is 0 Å². The van der Waals surface area contributed by atoms with E-state index in [-0.39, 0.29) is 10.8 Å². The highest BCUT2D eigenvalue weighted by atomic mass is 15.2. The lowest BCUT2D eigenvalue weighted by Gasteiger charge is -2.28. The number of benzene rings is 7. The normalized spacial score (nSPS) is 15.1. The van der Waals surface area contributed by atoms with Crippen LogP contribution in [0, 0.1) is 0 Å². The Balaban J connectivity index is 1.19. The molecule has 1 heterocycles. The van der Waals surface area contributed by atoms with E-state index in [1.54, 1.807) is 0 Å². The molecule has 2 aliphatic carbocycles. The van der Waals surface area contributed by atoms with Gasteiger partial charge in [-0.2, -0.15) is 0 Å². The van der Waals surface area contributed by atoms with Crippen LogP contribution in [0.3, 0.4) is 0 Å². The highest BCUT2D eigenvalue weighted by molar-refractivity contribution is 6.26. The fourth-order valence-electron chi connectivity index (χ4n) is 8.89. The summed E-state index contributed by atoms with van der Waals surface area (Å²) in [7, 11) is 0. The van der Waals surface area contributed by atoms with Crippen molar-refractivity contribution in [1.82, 2.24) is 4.98 Å². The molecule has 8 aromatic rings. The van der Waals surface area contributed by atoms with Crippen molar-refractivity contribution in [2.45, 2.75) is 38.5 Å². The second kappa shape index (κ2) is 9.08. The van der Waals surface area contributed by atoms with Crippen molar-refractivity contribution in [2.24, 2.45) is 0 Å². The van der Waals surface area contributed by atoms with Crippen LogP contribution in [0.5, 0.6) is 0 Å². The smallest absolute Gasteiger partial charge is 0.137 e. The van der Waals surface area contributed by atoms with E-state index in [1.165, 1.54) is 76.8 Å². The van der Waals surface area contributed by atoms with Gasteiger partial charge in [-0.05, 0) is 119 Å². The zero-order chi connectivity index (χ0) is 31.7. The molecule has 0 bridgehead atoms. The van der Waals surface area contributed by atoms with E-state index in [1.807, 2.05) is 12.3 Å². The molecule has 2 nitrogen and oxygen atoms in total. The van der Waals surface area contributed by atoms with E-state index in [2.05, 4.69) is 154 Å². The standard InChI is InChI=1S/C45H34N2/c1-44(2)36-13-6-5-12-32(36)35-25-30(19-22-37(35)44)47(40-14-7-8-23-46-40)31-18-21-33-38(26-31)45(3,4)39-24-29-16-15-27-10-9-11-28-17-20-34(43(33)39)42(29)41(27)28/h5-26H,1-4H3. The topological polar surface area (TPSA) is 16.1 Å². The molecule has 0 N–H and O–H groups in total. The molecular weight excluding hydrogens is 569 g/mol. The predicted octanol–water partition coefficient (Wildman–Crippen LogP) is 12.1. The zero-order valence-electron chi connectivity index (χ0n) is 27.1. The third-order valence-electron chi connectivity index (χ3n) is 11.2. The number of nitrogens with zero attached hydrogens (tertiary/aromatic N) is 2. The molecule has 2 aliphatic rings. The first kappa shape index (κ1) is 26.7. The Morgan fingerprint density at radius 1 is 0.468 bits per heavy atom. The van der Waals surface area contributed by atoms with Crippen LogP contribution in [-0.4, -0.2) is 4.98 Å². The second-order valence-electron chi connectivity index (χ2n) is 14.4. The van der Waals surface area contributed by atoms with Crippen molar-refractivity contribution in [3.8, 4) is 22.3 Å². The Morgan fingerprint density at radius 3 is 2.00 bits per heavy atom. The zero-order valence-corrected chi connectivity index (χ0v) is 27.1. The molecule has 2 heteroatoms. The van der Waals surface area contributed by atoms with Gasteiger partial charge in [0.15, 0.2) is 0 Å². The van der Waals surface area contributed by atoms with Gasteiger partial charge in [-0.1, -0.05) is 113 Å². The second-order valence-corrected chi connectivity index (χ2v) is 14.4. The van der Waals surface area contributed by atoms with Crippen LogP contribution in [-0.2, 0) is 10.8 Å². The highest BCUT2D eigenvalue weighted by Gasteiger charge is 2.39. The molecule has 0 amide bonds. The number of anilines is 3. The lowest BCUT2D eigenvalue weighted by atomic mass is 9.80. The maximum Gasteiger partial charge on any atom is 0.137 e. The number of pyridine rings is 1. The number of rotatable bonds is 3. The molecule has 0 fully saturated rings. The molecule has 0 atom stereocenters. The quantitative estimate of drug-likeness (QED) is 0.187. The van der Waals surface area contributed by atoms with Crippen molar-refractivity contribution in [1.29, 1.82) is 0 Å². The number of hydrogen-bond acceptors (Lipinski definition) is 2.